The Balaban J connectivity index is 2.00. The van der Waals surface area contributed by atoms with Gasteiger partial charge in [0.2, 0.25) is 5.91 Å². The van der Waals surface area contributed by atoms with Crippen LogP contribution in [-0.4, -0.2) is 28.9 Å². The van der Waals surface area contributed by atoms with Gasteiger partial charge in [-0.3, -0.25) is 4.79 Å². The van der Waals surface area contributed by atoms with E-state index in [1.165, 1.54) is 11.0 Å². The van der Waals surface area contributed by atoms with E-state index in [0.717, 1.165) is 5.76 Å². The van der Waals surface area contributed by atoms with Crippen molar-refractivity contribution < 1.29 is 23.5 Å². The molecule has 0 bridgehead atoms. The van der Waals surface area contributed by atoms with Crippen molar-refractivity contribution in [2.24, 2.45) is 0 Å². The fourth-order valence-electron chi connectivity index (χ4n) is 2.02. The lowest BCUT2D eigenvalue weighted by Gasteiger charge is -2.14. The molecular formula is C15H17NO5. The topological polar surface area (TPSA) is 83.9 Å². The third-order valence-electron chi connectivity index (χ3n) is 3.14. The van der Waals surface area contributed by atoms with Crippen LogP contribution >= 0.6 is 0 Å². The third-order valence-corrected chi connectivity index (χ3v) is 3.14. The zero-order chi connectivity index (χ0) is 15.6. The Labute approximate surface area is 122 Å². The van der Waals surface area contributed by atoms with Crippen LogP contribution in [-0.2, 0) is 17.8 Å². The highest BCUT2D eigenvalue weighted by Crippen LogP contribution is 2.16. The number of carbonyl (C=O) groups excluding carboxylic acids is 1. The van der Waals surface area contributed by atoms with E-state index in [1.807, 2.05) is 6.92 Å². The van der Waals surface area contributed by atoms with E-state index in [1.54, 1.807) is 26.1 Å². The van der Waals surface area contributed by atoms with E-state index < -0.39 is 5.97 Å². The van der Waals surface area contributed by atoms with Crippen molar-refractivity contribution in [2.45, 2.75) is 26.8 Å². The second-order valence-electron chi connectivity index (χ2n) is 4.93. The molecular weight excluding hydrogens is 274 g/mol. The lowest BCUT2D eigenvalue weighted by molar-refractivity contribution is -0.130. The Bertz CT molecular complexity index is 667. The minimum absolute atomic E-state index is 0.118. The van der Waals surface area contributed by atoms with E-state index in [0.29, 0.717) is 17.3 Å². The van der Waals surface area contributed by atoms with E-state index in [4.69, 9.17) is 13.9 Å². The van der Waals surface area contributed by atoms with Gasteiger partial charge < -0.3 is 18.8 Å². The molecule has 6 heteroatoms. The fourth-order valence-corrected chi connectivity index (χ4v) is 2.02. The first-order valence-corrected chi connectivity index (χ1v) is 6.48. The summed E-state index contributed by atoms with van der Waals surface area (Å²) in [6.07, 6.45) is 0.163. The summed E-state index contributed by atoms with van der Waals surface area (Å²) in [5, 5.41) is 8.97. The first-order valence-electron chi connectivity index (χ1n) is 6.48. The molecule has 0 unspecified atom stereocenters. The molecule has 0 saturated heterocycles. The monoisotopic (exact) mass is 291 g/mol. The van der Waals surface area contributed by atoms with Crippen LogP contribution in [0.3, 0.4) is 0 Å². The maximum absolute atomic E-state index is 12.1. The van der Waals surface area contributed by atoms with Crippen molar-refractivity contribution >= 4 is 11.9 Å². The van der Waals surface area contributed by atoms with Crippen molar-refractivity contribution in [2.75, 3.05) is 7.05 Å². The van der Waals surface area contributed by atoms with Crippen LogP contribution in [0.25, 0.3) is 0 Å². The highest BCUT2D eigenvalue weighted by Gasteiger charge is 2.17. The molecule has 0 aliphatic rings. The molecule has 2 aromatic heterocycles. The number of hydrogen-bond donors (Lipinski definition) is 1. The van der Waals surface area contributed by atoms with Gasteiger partial charge in [0.1, 0.15) is 28.6 Å². The van der Waals surface area contributed by atoms with Gasteiger partial charge in [-0.25, -0.2) is 4.79 Å². The smallest absolute Gasteiger partial charge is 0.339 e. The summed E-state index contributed by atoms with van der Waals surface area (Å²) in [5.74, 6) is 0.966. The molecule has 0 spiro atoms. The zero-order valence-electron chi connectivity index (χ0n) is 12.2. The number of hydrogen-bond acceptors (Lipinski definition) is 4. The molecule has 0 aliphatic carbocycles. The Morgan fingerprint density at radius 1 is 1.19 bits per heavy atom. The van der Waals surface area contributed by atoms with E-state index in [-0.39, 0.29) is 24.4 Å². The second-order valence-corrected chi connectivity index (χ2v) is 4.93. The molecule has 6 nitrogen and oxygen atoms in total. The van der Waals surface area contributed by atoms with Crippen LogP contribution in [0.4, 0.5) is 0 Å². The van der Waals surface area contributed by atoms with Crippen LogP contribution in [0.2, 0.25) is 0 Å². The highest BCUT2D eigenvalue weighted by atomic mass is 16.4. The number of aryl methyl sites for hydroxylation is 2. The van der Waals surface area contributed by atoms with Crippen LogP contribution in [0, 0.1) is 13.8 Å². The van der Waals surface area contributed by atoms with Crippen LogP contribution in [0.5, 0.6) is 0 Å². The van der Waals surface area contributed by atoms with Crippen molar-refractivity contribution in [3.05, 3.63) is 46.8 Å². The normalized spacial score (nSPS) is 10.6. The van der Waals surface area contributed by atoms with Crippen molar-refractivity contribution in [3.63, 3.8) is 0 Å². The van der Waals surface area contributed by atoms with Gasteiger partial charge in [0.05, 0.1) is 13.0 Å². The quantitative estimate of drug-likeness (QED) is 0.914. The van der Waals surface area contributed by atoms with Gasteiger partial charge in [0.15, 0.2) is 0 Å². The number of likely N-dealkylation sites (N-methyl/N-ethyl adjacent to an activating group) is 1. The van der Waals surface area contributed by atoms with Gasteiger partial charge in [-0.1, -0.05) is 0 Å². The predicted octanol–water partition coefficient (Wildman–Crippen LogP) is 2.39. The number of carboxylic acids is 1. The molecule has 1 N–H and O–H groups in total. The summed E-state index contributed by atoms with van der Waals surface area (Å²) in [5.41, 5.74) is 0.118. The SMILES string of the molecule is Cc1ccc(CC(=O)N(C)Cc2cc(C(=O)O)c(C)o2)o1. The number of carbonyl (C=O) groups is 2. The van der Waals surface area contributed by atoms with Gasteiger partial charge in [-0.2, -0.15) is 0 Å². The summed E-state index contributed by atoms with van der Waals surface area (Å²) in [6.45, 7) is 3.61. The summed E-state index contributed by atoms with van der Waals surface area (Å²) in [4.78, 5) is 24.5. The number of carboxylic acid groups (broad SMARTS) is 1. The molecule has 0 atom stereocenters. The van der Waals surface area contributed by atoms with Crippen molar-refractivity contribution in [1.82, 2.24) is 4.90 Å². The van der Waals surface area contributed by atoms with Crippen molar-refractivity contribution in [3.8, 4) is 0 Å². The van der Waals surface area contributed by atoms with Gasteiger partial charge in [0, 0.05) is 7.05 Å². The number of nitrogens with zero attached hydrogens (tertiary/aromatic N) is 1. The van der Waals surface area contributed by atoms with E-state index >= 15 is 0 Å². The average molecular weight is 291 g/mol. The summed E-state index contributed by atoms with van der Waals surface area (Å²) < 4.78 is 10.7. The number of amides is 1. The first-order chi connectivity index (χ1) is 9.86. The molecule has 0 fully saturated rings. The molecule has 112 valence electrons. The van der Waals surface area contributed by atoms with Crippen LogP contribution < -0.4 is 0 Å². The minimum Gasteiger partial charge on any atom is -0.478 e. The fraction of sp³-hybridized carbons (Fsp3) is 0.333. The summed E-state index contributed by atoms with van der Waals surface area (Å²) in [7, 11) is 1.64. The van der Waals surface area contributed by atoms with E-state index in [9.17, 15) is 9.59 Å². The summed E-state index contributed by atoms with van der Waals surface area (Å²) >= 11 is 0. The predicted molar refractivity (Wildman–Crippen MR) is 74.0 cm³/mol. The Kier molecular flexibility index (Phi) is 4.16. The van der Waals surface area contributed by atoms with Gasteiger partial charge in [-0.05, 0) is 32.0 Å². The van der Waals surface area contributed by atoms with Crippen LogP contribution in [0.1, 0.15) is 33.4 Å². The van der Waals surface area contributed by atoms with Gasteiger partial charge in [0.25, 0.3) is 0 Å². The van der Waals surface area contributed by atoms with Gasteiger partial charge >= 0.3 is 5.97 Å². The lowest BCUT2D eigenvalue weighted by atomic mass is 10.2. The molecule has 2 aromatic rings. The highest BCUT2D eigenvalue weighted by molar-refractivity contribution is 5.88. The Hall–Kier alpha value is -2.50. The number of aromatic carboxylic acids is 1. The maximum Gasteiger partial charge on any atom is 0.339 e. The second kappa shape index (κ2) is 5.87. The van der Waals surface area contributed by atoms with E-state index in [2.05, 4.69) is 0 Å². The number of rotatable bonds is 5. The number of furan rings is 2. The first kappa shape index (κ1) is 14.9. The Morgan fingerprint density at radius 2 is 1.90 bits per heavy atom. The van der Waals surface area contributed by atoms with Gasteiger partial charge in [-0.15, -0.1) is 0 Å². The molecule has 0 aliphatic heterocycles. The third kappa shape index (κ3) is 3.53. The molecule has 0 aromatic carbocycles. The average Bonchev–Trinajstić information content (AvgIpc) is 2.95. The van der Waals surface area contributed by atoms with Crippen molar-refractivity contribution in [1.29, 1.82) is 0 Å². The molecule has 2 rings (SSSR count). The zero-order valence-corrected chi connectivity index (χ0v) is 12.2. The standard InChI is InChI=1S/C15H17NO5/c1-9-4-5-11(20-9)7-14(17)16(3)8-12-6-13(15(18)19)10(2)21-12/h4-6H,7-8H2,1-3H3,(H,18,19). The largest absolute Gasteiger partial charge is 0.478 e. The van der Waals surface area contributed by atoms with Crippen LogP contribution in [0.15, 0.2) is 27.0 Å². The molecule has 0 radical (unpaired) electrons. The summed E-state index contributed by atoms with van der Waals surface area (Å²) in [6, 6.07) is 5.01. The maximum atomic E-state index is 12.1. The molecule has 1 amide bonds. The molecule has 2 heterocycles. The Morgan fingerprint density at radius 3 is 2.43 bits per heavy atom. The molecule has 0 saturated carbocycles. The minimum atomic E-state index is -1.04. The molecule has 21 heavy (non-hydrogen) atoms. The lowest BCUT2D eigenvalue weighted by Crippen LogP contribution is -2.27.